The van der Waals surface area contributed by atoms with Gasteiger partial charge < -0.3 is 14.5 Å². The minimum Gasteiger partial charge on any atom is -0.458 e. The standard InChI is InChI=1S/C65H73BN2O/c1-60(2,3)40-22-28-45(29-23-40)67(46-30-24-41(25-31-46)61(4,5)6)54-39-47(38-49-48-20-18-19-21-50(48)65(16,17)58(49)54)68-53-32-26-42(62(7,8)9)34-51(53)66-52-35-43(63(10,11)12)27-33-56(52)69-57-37-44(64(13,14)15)36-55(68)59(57)66/h18-39H,1-17H3. The van der Waals surface area contributed by atoms with Crippen molar-refractivity contribution in [2.75, 3.05) is 9.80 Å². The molecule has 0 N–H and O–H groups in total. The molecule has 0 fully saturated rings. The number of anilines is 6. The number of hydrogen-bond acceptors (Lipinski definition) is 3. The lowest BCUT2D eigenvalue weighted by atomic mass is 9.33. The van der Waals surface area contributed by atoms with Crippen LogP contribution in [-0.2, 0) is 32.5 Å². The van der Waals surface area contributed by atoms with E-state index in [-0.39, 0.29) is 39.2 Å². The van der Waals surface area contributed by atoms with Crippen molar-refractivity contribution in [2.45, 2.75) is 150 Å². The number of nitrogens with zero attached hydrogens (tertiary/aromatic N) is 2. The first kappa shape index (κ1) is 46.7. The van der Waals surface area contributed by atoms with Gasteiger partial charge in [-0.1, -0.05) is 190 Å². The highest BCUT2D eigenvalue weighted by Crippen LogP contribution is 2.57. The molecule has 0 amide bonds. The van der Waals surface area contributed by atoms with Gasteiger partial charge in [-0.15, -0.1) is 0 Å². The van der Waals surface area contributed by atoms with Crippen molar-refractivity contribution in [1.29, 1.82) is 0 Å². The van der Waals surface area contributed by atoms with Crippen molar-refractivity contribution in [2.24, 2.45) is 0 Å². The van der Waals surface area contributed by atoms with E-state index in [4.69, 9.17) is 4.74 Å². The Balaban J connectivity index is 1.32. The minimum absolute atomic E-state index is 0.0173. The fourth-order valence-corrected chi connectivity index (χ4v) is 11.2. The number of hydrogen-bond donors (Lipinski definition) is 0. The number of rotatable bonds is 4. The summed E-state index contributed by atoms with van der Waals surface area (Å²) >= 11 is 0. The van der Waals surface area contributed by atoms with Crippen LogP contribution in [0.3, 0.4) is 0 Å². The summed E-state index contributed by atoms with van der Waals surface area (Å²) in [5.74, 6) is 1.89. The molecule has 10 rings (SSSR count). The molecule has 2 aliphatic heterocycles. The third-order valence-corrected chi connectivity index (χ3v) is 15.5. The molecule has 0 radical (unpaired) electrons. The van der Waals surface area contributed by atoms with Crippen molar-refractivity contribution in [3.05, 3.63) is 172 Å². The van der Waals surface area contributed by atoms with Gasteiger partial charge in [-0.25, -0.2) is 0 Å². The number of benzene rings is 7. The van der Waals surface area contributed by atoms with Crippen molar-refractivity contribution in [3.8, 4) is 22.6 Å². The van der Waals surface area contributed by atoms with Gasteiger partial charge >= 0.3 is 0 Å². The highest BCUT2D eigenvalue weighted by molar-refractivity contribution is 6.99. The molecule has 69 heavy (non-hydrogen) atoms. The highest BCUT2D eigenvalue weighted by Gasteiger charge is 2.45. The van der Waals surface area contributed by atoms with Crippen LogP contribution >= 0.6 is 0 Å². The van der Waals surface area contributed by atoms with Gasteiger partial charge in [0.25, 0.3) is 6.71 Å². The van der Waals surface area contributed by atoms with E-state index in [0.29, 0.717) is 0 Å². The molecule has 0 unspecified atom stereocenters. The van der Waals surface area contributed by atoms with Crippen LogP contribution in [0, 0.1) is 0 Å². The molecule has 0 atom stereocenters. The quantitative estimate of drug-likeness (QED) is 0.164. The van der Waals surface area contributed by atoms with Gasteiger partial charge in [0.2, 0.25) is 0 Å². The molecule has 3 aliphatic rings. The third kappa shape index (κ3) is 7.82. The van der Waals surface area contributed by atoms with Crippen LogP contribution in [0.2, 0.25) is 0 Å². The van der Waals surface area contributed by atoms with Crippen LogP contribution < -0.4 is 30.9 Å². The minimum atomic E-state index is -0.283. The van der Waals surface area contributed by atoms with E-state index in [1.165, 1.54) is 83.5 Å². The summed E-state index contributed by atoms with van der Waals surface area (Å²) in [4.78, 5) is 5.13. The lowest BCUT2D eigenvalue weighted by molar-refractivity contribution is 0.482. The normalized spacial score (nSPS) is 14.9. The van der Waals surface area contributed by atoms with Crippen LogP contribution in [0.15, 0.2) is 133 Å². The molecular weight excluding hydrogens is 836 g/mol. The zero-order chi connectivity index (χ0) is 49.5. The number of fused-ring (bicyclic) bond motifs is 7. The Bertz CT molecular complexity index is 3120. The van der Waals surface area contributed by atoms with Crippen molar-refractivity contribution in [3.63, 3.8) is 0 Å². The molecule has 3 nitrogen and oxygen atoms in total. The molecule has 7 aromatic carbocycles. The maximum Gasteiger partial charge on any atom is 0.256 e. The maximum atomic E-state index is 7.18. The van der Waals surface area contributed by atoms with Gasteiger partial charge in [0.15, 0.2) is 0 Å². The van der Waals surface area contributed by atoms with E-state index in [1.807, 2.05) is 0 Å². The largest absolute Gasteiger partial charge is 0.458 e. The fraction of sp³-hybridized carbons (Fsp3) is 0.354. The second-order valence-corrected chi connectivity index (χ2v) is 26.0. The Morgan fingerprint density at radius 3 is 1.51 bits per heavy atom. The lowest BCUT2D eigenvalue weighted by Gasteiger charge is -2.42. The predicted octanol–water partition coefficient (Wildman–Crippen LogP) is 16.4. The Morgan fingerprint density at radius 1 is 0.449 bits per heavy atom. The Hall–Kier alpha value is -6.00. The summed E-state index contributed by atoms with van der Waals surface area (Å²) in [5, 5.41) is 0. The summed E-state index contributed by atoms with van der Waals surface area (Å²) in [6.45, 7) is 39.5. The summed E-state index contributed by atoms with van der Waals surface area (Å²) in [5.41, 5.74) is 22.1. The molecule has 0 bridgehead atoms. The zero-order valence-corrected chi connectivity index (χ0v) is 44.6. The Morgan fingerprint density at radius 2 is 0.957 bits per heavy atom. The van der Waals surface area contributed by atoms with Gasteiger partial charge in [0, 0.05) is 33.9 Å². The monoisotopic (exact) mass is 909 g/mol. The first-order valence-corrected chi connectivity index (χ1v) is 25.4. The van der Waals surface area contributed by atoms with Crippen LogP contribution in [0.5, 0.6) is 11.5 Å². The summed E-state index contributed by atoms with van der Waals surface area (Å²) in [6.07, 6.45) is 0. The average Bonchev–Trinajstić information content (AvgIpc) is 3.50. The van der Waals surface area contributed by atoms with Gasteiger partial charge in [-0.05, 0) is 154 Å². The lowest BCUT2D eigenvalue weighted by Crippen LogP contribution is -2.60. The van der Waals surface area contributed by atoms with Crippen LogP contribution in [0.1, 0.15) is 157 Å². The van der Waals surface area contributed by atoms with Crippen LogP contribution in [0.25, 0.3) is 11.1 Å². The van der Waals surface area contributed by atoms with Gasteiger partial charge in [-0.3, -0.25) is 0 Å². The second-order valence-electron chi connectivity index (χ2n) is 26.0. The van der Waals surface area contributed by atoms with Gasteiger partial charge in [0.1, 0.15) is 11.5 Å². The van der Waals surface area contributed by atoms with E-state index in [1.54, 1.807) is 0 Å². The highest BCUT2D eigenvalue weighted by atomic mass is 16.5. The SMILES string of the molecule is CC(C)(C)c1ccc(N(c2ccc(C(C)(C)C)cc2)c2cc(N3c4ccc(C(C)(C)C)cc4B4c5cc(C(C)(C)C)ccc5Oc5cc(C(C)(C)C)cc3c54)cc3c2C(C)(C)c2ccccc2-3)cc1. The first-order chi connectivity index (χ1) is 32.1. The summed E-state index contributed by atoms with van der Waals surface area (Å²) in [6, 6.07) is 51.9. The molecule has 7 aromatic rings. The molecule has 1 aliphatic carbocycles. The zero-order valence-electron chi connectivity index (χ0n) is 44.6. The van der Waals surface area contributed by atoms with E-state index < -0.39 is 0 Å². The Labute approximate surface area is 415 Å². The van der Waals surface area contributed by atoms with Crippen molar-refractivity contribution >= 4 is 57.2 Å². The molecule has 2 heterocycles. The first-order valence-electron chi connectivity index (χ1n) is 25.4. The van der Waals surface area contributed by atoms with Crippen molar-refractivity contribution in [1.82, 2.24) is 0 Å². The average molecular weight is 909 g/mol. The smallest absolute Gasteiger partial charge is 0.256 e. The molecular formula is C65H73BN2O. The summed E-state index contributed by atoms with van der Waals surface area (Å²) in [7, 11) is 0. The van der Waals surface area contributed by atoms with E-state index in [0.717, 1.165) is 28.6 Å². The second kappa shape index (κ2) is 15.5. The predicted molar refractivity (Wildman–Crippen MR) is 298 cm³/mol. The molecule has 352 valence electrons. The molecule has 4 heteroatoms. The molecule has 0 saturated carbocycles. The Kier molecular flexibility index (Phi) is 10.5. The molecule has 0 spiro atoms. The number of ether oxygens (including phenoxy) is 1. The van der Waals surface area contributed by atoms with Gasteiger partial charge in [0.05, 0.1) is 5.69 Å². The molecule has 0 aromatic heterocycles. The van der Waals surface area contributed by atoms with Crippen LogP contribution in [-0.4, -0.2) is 6.71 Å². The van der Waals surface area contributed by atoms with Crippen molar-refractivity contribution < 1.29 is 4.74 Å². The van der Waals surface area contributed by atoms with E-state index >= 15 is 0 Å². The van der Waals surface area contributed by atoms with E-state index in [9.17, 15) is 0 Å². The fourth-order valence-electron chi connectivity index (χ4n) is 11.2. The third-order valence-electron chi connectivity index (χ3n) is 15.5. The van der Waals surface area contributed by atoms with Gasteiger partial charge in [-0.2, -0.15) is 0 Å². The topological polar surface area (TPSA) is 15.7 Å². The molecule has 0 saturated heterocycles. The summed E-state index contributed by atoms with van der Waals surface area (Å²) < 4.78 is 7.18. The van der Waals surface area contributed by atoms with E-state index in [2.05, 4.69) is 261 Å². The van der Waals surface area contributed by atoms with Crippen LogP contribution in [0.4, 0.5) is 34.1 Å². The maximum absolute atomic E-state index is 7.18.